The predicted octanol–water partition coefficient (Wildman–Crippen LogP) is 2.01. The Kier molecular flexibility index (Phi) is 6.34. The number of imidazole rings is 1. The van der Waals surface area contributed by atoms with E-state index in [1.165, 1.54) is 0 Å². The number of anilines is 3. The zero-order valence-corrected chi connectivity index (χ0v) is 18.8. The van der Waals surface area contributed by atoms with Crippen LogP contribution in [0.3, 0.4) is 0 Å². The van der Waals surface area contributed by atoms with Gasteiger partial charge in [0.15, 0.2) is 22.6 Å². The lowest BCUT2D eigenvalue weighted by molar-refractivity contribution is 0.0696. The number of ether oxygens (including phenoxy) is 1. The van der Waals surface area contributed by atoms with Crippen LogP contribution in [0, 0.1) is 0 Å². The van der Waals surface area contributed by atoms with Crippen LogP contribution in [-0.2, 0) is 17.7 Å². The van der Waals surface area contributed by atoms with Gasteiger partial charge in [0, 0.05) is 32.5 Å². The number of halogens is 1. The number of morpholine rings is 1. The number of carbonyl (C=O) groups is 2. The van der Waals surface area contributed by atoms with Gasteiger partial charge in [-0.05, 0) is 19.1 Å². The highest BCUT2D eigenvalue weighted by molar-refractivity contribution is 6.31. The quantitative estimate of drug-likeness (QED) is 0.432. The van der Waals surface area contributed by atoms with Crippen LogP contribution in [0.1, 0.15) is 40.0 Å². The molecule has 12 heteroatoms. The number of nitrogens with zero attached hydrogens (tertiary/aromatic N) is 5. The van der Waals surface area contributed by atoms with Crippen LogP contribution in [0.4, 0.5) is 17.3 Å². The molecule has 0 aliphatic carbocycles. The number of Topliss-reactive ketones (excluding diaryl/α,β-unsaturated/α-hetero) is 1. The van der Waals surface area contributed by atoms with Crippen molar-refractivity contribution in [3.8, 4) is 0 Å². The number of nitrogens with two attached hydrogens (primary N) is 2. The van der Waals surface area contributed by atoms with Gasteiger partial charge in [-0.3, -0.25) is 4.79 Å². The van der Waals surface area contributed by atoms with E-state index in [-0.39, 0.29) is 40.3 Å². The number of hydrogen-bond acceptors (Lipinski definition) is 9. The van der Waals surface area contributed by atoms with Crippen molar-refractivity contribution in [2.75, 3.05) is 42.7 Å². The summed E-state index contributed by atoms with van der Waals surface area (Å²) in [6.45, 7) is 4.87. The molecule has 0 spiro atoms. The largest absolute Gasteiger partial charge is 0.478 e. The fourth-order valence-electron chi connectivity index (χ4n) is 3.98. The molecule has 1 aliphatic rings. The molecule has 174 valence electrons. The zero-order valence-electron chi connectivity index (χ0n) is 18.0. The number of rotatable bonds is 7. The molecular weight excluding hydrogens is 450 g/mol. The molecule has 11 nitrogen and oxygen atoms in total. The van der Waals surface area contributed by atoms with Crippen LogP contribution >= 0.6 is 11.6 Å². The normalized spacial score (nSPS) is 14.1. The number of carbonyl (C=O) groups excluding carboxylic acids is 1. The van der Waals surface area contributed by atoms with Crippen molar-refractivity contribution in [3.63, 3.8) is 0 Å². The monoisotopic (exact) mass is 473 g/mol. The molecule has 33 heavy (non-hydrogen) atoms. The minimum Gasteiger partial charge on any atom is -0.478 e. The second kappa shape index (κ2) is 9.20. The molecule has 0 radical (unpaired) electrons. The molecule has 3 aromatic rings. The van der Waals surface area contributed by atoms with E-state index in [0.29, 0.717) is 56.3 Å². The number of aromatic carboxylic acids is 1. The molecule has 5 N–H and O–H groups in total. The highest BCUT2D eigenvalue weighted by Crippen LogP contribution is 2.29. The molecule has 1 fully saturated rings. The first-order valence-corrected chi connectivity index (χ1v) is 10.9. The number of ketones is 1. The van der Waals surface area contributed by atoms with E-state index < -0.39 is 5.97 Å². The third-order valence-corrected chi connectivity index (χ3v) is 5.87. The summed E-state index contributed by atoms with van der Waals surface area (Å²) in [7, 11) is 0. The molecule has 0 amide bonds. The summed E-state index contributed by atoms with van der Waals surface area (Å²) in [4.78, 5) is 39.1. The van der Waals surface area contributed by atoms with Crippen molar-refractivity contribution in [1.29, 1.82) is 0 Å². The van der Waals surface area contributed by atoms with E-state index in [1.807, 2.05) is 22.5 Å². The molecular formula is C21H24ClN7O4. The fraction of sp³-hybridized carbons (Fsp3) is 0.381. The van der Waals surface area contributed by atoms with Crippen molar-refractivity contribution in [2.45, 2.75) is 26.3 Å². The van der Waals surface area contributed by atoms with Gasteiger partial charge in [0.25, 0.3) is 0 Å². The average molecular weight is 474 g/mol. The van der Waals surface area contributed by atoms with E-state index in [1.54, 1.807) is 6.07 Å². The fourth-order valence-corrected chi connectivity index (χ4v) is 4.11. The van der Waals surface area contributed by atoms with Crippen LogP contribution < -0.4 is 16.4 Å². The van der Waals surface area contributed by atoms with Crippen LogP contribution in [0.5, 0.6) is 0 Å². The Morgan fingerprint density at radius 2 is 1.88 bits per heavy atom. The summed E-state index contributed by atoms with van der Waals surface area (Å²) in [5.41, 5.74) is 13.5. The Bertz CT molecular complexity index is 1240. The molecule has 0 bridgehead atoms. The Labute approximate surface area is 194 Å². The van der Waals surface area contributed by atoms with Crippen molar-refractivity contribution < 1.29 is 19.4 Å². The van der Waals surface area contributed by atoms with Crippen LogP contribution in [0.25, 0.3) is 11.0 Å². The molecule has 3 heterocycles. The molecule has 0 saturated carbocycles. The zero-order chi connectivity index (χ0) is 23.7. The maximum absolute atomic E-state index is 12.7. The third-order valence-electron chi connectivity index (χ3n) is 5.59. The highest BCUT2D eigenvalue weighted by Gasteiger charge is 2.23. The summed E-state index contributed by atoms with van der Waals surface area (Å²) in [6, 6.07) is 3.44. The SMILES string of the molecule is CCn1c(CCC(=O)c2nc(Cl)c(N)nc2N)nc2cc(C(=O)O)c(N3CCOCC3)cc21. The van der Waals surface area contributed by atoms with Crippen molar-refractivity contribution >= 4 is 51.7 Å². The van der Waals surface area contributed by atoms with Gasteiger partial charge in [0.2, 0.25) is 0 Å². The minimum absolute atomic E-state index is 0.0314. The number of benzene rings is 1. The summed E-state index contributed by atoms with van der Waals surface area (Å²) in [5, 5.41) is 9.70. The lowest BCUT2D eigenvalue weighted by Crippen LogP contribution is -2.37. The van der Waals surface area contributed by atoms with E-state index in [0.717, 1.165) is 5.52 Å². The number of carboxylic acid groups (broad SMARTS) is 1. The predicted molar refractivity (Wildman–Crippen MR) is 124 cm³/mol. The number of nitrogen functional groups attached to an aromatic ring is 2. The number of fused-ring (bicyclic) bond motifs is 1. The average Bonchev–Trinajstić information content (AvgIpc) is 3.16. The third kappa shape index (κ3) is 4.41. The van der Waals surface area contributed by atoms with E-state index in [4.69, 9.17) is 27.8 Å². The number of aromatic nitrogens is 4. The van der Waals surface area contributed by atoms with Gasteiger partial charge < -0.3 is 30.8 Å². The Morgan fingerprint density at radius 1 is 1.15 bits per heavy atom. The molecule has 1 saturated heterocycles. The van der Waals surface area contributed by atoms with Gasteiger partial charge in [0.1, 0.15) is 11.5 Å². The molecule has 1 aliphatic heterocycles. The second-order valence-electron chi connectivity index (χ2n) is 7.59. The first-order valence-electron chi connectivity index (χ1n) is 10.5. The van der Waals surface area contributed by atoms with Gasteiger partial charge in [-0.25, -0.2) is 19.7 Å². The van der Waals surface area contributed by atoms with Gasteiger partial charge in [0.05, 0.1) is 35.5 Å². The first kappa shape index (κ1) is 22.7. The Morgan fingerprint density at radius 3 is 2.55 bits per heavy atom. The van der Waals surface area contributed by atoms with Crippen molar-refractivity contribution in [1.82, 2.24) is 19.5 Å². The van der Waals surface area contributed by atoms with Crippen LogP contribution in [0.15, 0.2) is 12.1 Å². The summed E-state index contributed by atoms with van der Waals surface area (Å²) >= 11 is 5.88. The second-order valence-corrected chi connectivity index (χ2v) is 7.95. The van der Waals surface area contributed by atoms with E-state index in [9.17, 15) is 14.7 Å². The van der Waals surface area contributed by atoms with Gasteiger partial charge >= 0.3 is 5.97 Å². The van der Waals surface area contributed by atoms with Gasteiger partial charge in [-0.2, -0.15) is 0 Å². The van der Waals surface area contributed by atoms with Gasteiger partial charge in [-0.15, -0.1) is 0 Å². The van der Waals surface area contributed by atoms with E-state index in [2.05, 4.69) is 15.0 Å². The Balaban J connectivity index is 1.66. The lowest BCUT2D eigenvalue weighted by Gasteiger charge is -2.30. The number of carboxylic acids is 1. The Hall–Kier alpha value is -3.44. The summed E-state index contributed by atoms with van der Waals surface area (Å²) in [5.74, 6) is -0.812. The van der Waals surface area contributed by atoms with E-state index >= 15 is 0 Å². The minimum atomic E-state index is -1.02. The topological polar surface area (TPSA) is 162 Å². The molecule has 0 unspecified atom stereocenters. The summed E-state index contributed by atoms with van der Waals surface area (Å²) < 4.78 is 7.37. The van der Waals surface area contributed by atoms with Crippen LogP contribution in [-0.4, -0.2) is 62.7 Å². The van der Waals surface area contributed by atoms with Crippen molar-refractivity contribution in [2.24, 2.45) is 0 Å². The highest BCUT2D eigenvalue weighted by atomic mass is 35.5. The number of aryl methyl sites for hydroxylation is 2. The van der Waals surface area contributed by atoms with Crippen molar-refractivity contribution in [3.05, 3.63) is 34.4 Å². The maximum Gasteiger partial charge on any atom is 0.337 e. The number of hydrogen-bond donors (Lipinski definition) is 3. The molecule has 4 rings (SSSR count). The smallest absolute Gasteiger partial charge is 0.337 e. The standard InChI is InChI=1S/C21H24ClN7O4/c1-2-29-14-10-13(28-5-7-33-8-6-28)11(21(31)32)9-12(14)25-16(29)4-3-15(30)17-19(23)27-20(24)18(22)26-17/h9-10H,2-8H2,1H3,(H,31,32)(H4,23,24,27). The summed E-state index contributed by atoms with van der Waals surface area (Å²) in [6.07, 6.45) is 0.379. The van der Waals surface area contributed by atoms with Gasteiger partial charge in [-0.1, -0.05) is 11.6 Å². The maximum atomic E-state index is 12.7. The molecule has 0 atom stereocenters. The lowest BCUT2D eigenvalue weighted by atomic mass is 10.1. The first-order chi connectivity index (χ1) is 15.8. The molecule has 1 aromatic carbocycles. The molecule has 2 aromatic heterocycles. The van der Waals surface area contributed by atoms with Crippen LogP contribution in [0.2, 0.25) is 5.15 Å².